The molecule has 25 heavy (non-hydrogen) atoms. The number of hydrogen-bond acceptors (Lipinski definition) is 4. The predicted molar refractivity (Wildman–Crippen MR) is 92.8 cm³/mol. The van der Waals surface area contributed by atoms with Gasteiger partial charge in [0, 0.05) is 18.5 Å². The Labute approximate surface area is 146 Å². The van der Waals surface area contributed by atoms with Crippen molar-refractivity contribution in [2.45, 2.75) is 24.0 Å². The average molecular weight is 339 g/mol. The Balaban J connectivity index is 1.44. The second-order valence-corrected chi connectivity index (χ2v) is 6.77. The summed E-state index contributed by atoms with van der Waals surface area (Å²) in [5, 5.41) is 10.6. The van der Waals surface area contributed by atoms with Crippen molar-refractivity contribution in [2.24, 2.45) is 0 Å². The molecule has 1 spiro atoms. The predicted octanol–water partition coefficient (Wildman–Crippen LogP) is 2.44. The van der Waals surface area contributed by atoms with Crippen molar-refractivity contribution >= 4 is 12.0 Å². The lowest BCUT2D eigenvalue weighted by molar-refractivity contribution is -0.126. The summed E-state index contributed by atoms with van der Waals surface area (Å²) in [7, 11) is 0. The average Bonchev–Trinajstić information content (AvgIpc) is 3.36. The highest BCUT2D eigenvalue weighted by atomic mass is 16.5. The first kappa shape index (κ1) is 16.1. The topological polar surface area (TPSA) is 62.9 Å². The quantitative estimate of drug-likeness (QED) is 0.873. The number of aliphatic hydroxyl groups excluding tert-OH is 1. The first-order valence-electron chi connectivity index (χ1n) is 8.54. The SMILES string of the molecule is O=C(/C=C/c1ccco1)N1C[C@@H](O)[C@@]2(C[C@@H](c3ccccc3)CO2)C1. The first-order valence-corrected chi connectivity index (χ1v) is 8.54. The van der Waals surface area contributed by atoms with Crippen molar-refractivity contribution in [1.29, 1.82) is 0 Å². The summed E-state index contributed by atoms with van der Waals surface area (Å²) in [6.45, 7) is 1.28. The fourth-order valence-electron chi connectivity index (χ4n) is 3.76. The van der Waals surface area contributed by atoms with Crippen molar-refractivity contribution in [2.75, 3.05) is 19.7 Å². The minimum atomic E-state index is -0.665. The van der Waals surface area contributed by atoms with Gasteiger partial charge in [-0.1, -0.05) is 30.3 Å². The van der Waals surface area contributed by atoms with Gasteiger partial charge in [0.2, 0.25) is 5.91 Å². The number of furan rings is 1. The van der Waals surface area contributed by atoms with E-state index >= 15 is 0 Å². The maximum absolute atomic E-state index is 12.4. The molecule has 2 saturated heterocycles. The Hall–Kier alpha value is -2.37. The Kier molecular flexibility index (Phi) is 4.19. The van der Waals surface area contributed by atoms with E-state index in [9.17, 15) is 9.90 Å². The van der Waals surface area contributed by atoms with Gasteiger partial charge in [-0.05, 0) is 30.2 Å². The minimum Gasteiger partial charge on any atom is -0.465 e. The van der Waals surface area contributed by atoms with Crippen LogP contribution in [0.15, 0.2) is 59.2 Å². The molecule has 0 unspecified atom stereocenters. The number of nitrogens with zero attached hydrogens (tertiary/aromatic N) is 1. The number of likely N-dealkylation sites (tertiary alicyclic amines) is 1. The summed E-state index contributed by atoms with van der Waals surface area (Å²) in [5.41, 5.74) is 0.559. The number of amides is 1. The van der Waals surface area contributed by atoms with Gasteiger partial charge in [0.05, 0.1) is 19.4 Å². The number of β-amino-alcohol motifs (C(OH)–C–C–N with tert-alkyl or cyclic N) is 1. The van der Waals surface area contributed by atoms with Crippen LogP contribution < -0.4 is 0 Å². The number of benzene rings is 1. The van der Waals surface area contributed by atoms with Gasteiger partial charge in [-0.25, -0.2) is 0 Å². The third-order valence-corrected chi connectivity index (χ3v) is 5.14. The van der Waals surface area contributed by atoms with E-state index in [1.54, 1.807) is 29.4 Å². The Morgan fingerprint density at radius 1 is 1.24 bits per heavy atom. The molecule has 2 aliphatic rings. The molecule has 0 aliphatic carbocycles. The molecule has 3 atom stereocenters. The standard InChI is InChI=1S/C20H21NO4/c22-18-12-21(19(23)9-8-17-7-4-10-24-17)14-20(18)11-16(13-25-20)15-5-2-1-3-6-15/h1-10,16,18,22H,11-14H2/b9-8+/t16-,18-,20-/m1/s1. The van der Waals surface area contributed by atoms with Crippen LogP contribution in [-0.2, 0) is 9.53 Å². The molecule has 0 radical (unpaired) electrons. The Bertz CT molecular complexity index is 755. The Morgan fingerprint density at radius 3 is 2.84 bits per heavy atom. The summed E-state index contributed by atoms with van der Waals surface area (Å²) >= 11 is 0. The molecule has 2 aromatic rings. The zero-order chi connectivity index (χ0) is 17.3. The molecule has 2 aliphatic heterocycles. The molecule has 0 bridgehead atoms. The number of ether oxygens (including phenoxy) is 1. The lowest BCUT2D eigenvalue weighted by Crippen LogP contribution is -2.41. The molecule has 130 valence electrons. The van der Waals surface area contributed by atoms with Gasteiger partial charge in [0.15, 0.2) is 0 Å². The zero-order valence-electron chi connectivity index (χ0n) is 13.9. The minimum absolute atomic E-state index is 0.140. The van der Waals surface area contributed by atoms with Gasteiger partial charge in [0.1, 0.15) is 17.5 Å². The molecule has 5 heteroatoms. The monoisotopic (exact) mass is 339 g/mol. The van der Waals surface area contributed by atoms with E-state index < -0.39 is 11.7 Å². The number of carbonyl (C=O) groups excluding carboxylic acids is 1. The third kappa shape index (κ3) is 3.13. The normalized spacial score (nSPS) is 29.1. The van der Waals surface area contributed by atoms with Crippen molar-refractivity contribution < 1.29 is 19.1 Å². The van der Waals surface area contributed by atoms with Gasteiger partial charge >= 0.3 is 0 Å². The number of rotatable bonds is 3. The van der Waals surface area contributed by atoms with Gasteiger partial charge in [-0.3, -0.25) is 4.79 Å². The van der Waals surface area contributed by atoms with Gasteiger partial charge in [-0.2, -0.15) is 0 Å². The van der Waals surface area contributed by atoms with E-state index in [1.807, 2.05) is 18.2 Å². The molecule has 5 nitrogen and oxygen atoms in total. The maximum atomic E-state index is 12.4. The summed E-state index contributed by atoms with van der Waals surface area (Å²) in [6.07, 6.45) is 4.75. The van der Waals surface area contributed by atoms with Crippen LogP contribution >= 0.6 is 0 Å². The smallest absolute Gasteiger partial charge is 0.246 e. The zero-order valence-corrected chi connectivity index (χ0v) is 13.9. The fraction of sp³-hybridized carbons (Fsp3) is 0.350. The van der Waals surface area contributed by atoms with Crippen LogP contribution in [0.2, 0.25) is 0 Å². The number of hydrogen-bond donors (Lipinski definition) is 1. The molecule has 1 N–H and O–H groups in total. The summed E-state index contributed by atoms with van der Waals surface area (Å²) in [4.78, 5) is 14.1. The molecule has 1 amide bonds. The molecule has 1 aromatic carbocycles. The third-order valence-electron chi connectivity index (χ3n) is 5.14. The molecule has 2 fully saturated rings. The molecular weight excluding hydrogens is 318 g/mol. The van der Waals surface area contributed by atoms with Crippen LogP contribution in [0.4, 0.5) is 0 Å². The highest BCUT2D eigenvalue weighted by molar-refractivity contribution is 5.91. The van der Waals surface area contributed by atoms with Crippen LogP contribution in [0.1, 0.15) is 23.7 Å². The number of carbonyl (C=O) groups is 1. The van der Waals surface area contributed by atoms with E-state index in [1.165, 1.54) is 11.6 Å². The molecule has 1 aromatic heterocycles. The van der Waals surface area contributed by atoms with Crippen molar-refractivity contribution in [1.82, 2.24) is 4.90 Å². The van der Waals surface area contributed by atoms with Crippen LogP contribution in [-0.4, -0.2) is 47.3 Å². The Morgan fingerprint density at radius 2 is 2.08 bits per heavy atom. The highest BCUT2D eigenvalue weighted by Crippen LogP contribution is 2.42. The summed E-state index contributed by atoms with van der Waals surface area (Å²) < 4.78 is 11.2. The van der Waals surface area contributed by atoms with Crippen LogP contribution in [0.3, 0.4) is 0 Å². The molecular formula is C20H21NO4. The number of aliphatic hydroxyl groups is 1. The summed E-state index contributed by atoms with van der Waals surface area (Å²) in [6, 6.07) is 13.8. The van der Waals surface area contributed by atoms with E-state index in [-0.39, 0.29) is 11.8 Å². The molecule has 0 saturated carbocycles. The molecule has 4 rings (SSSR count). The van der Waals surface area contributed by atoms with E-state index in [4.69, 9.17) is 9.15 Å². The lowest BCUT2D eigenvalue weighted by Gasteiger charge is -2.25. The van der Waals surface area contributed by atoms with Crippen molar-refractivity contribution in [3.05, 3.63) is 66.1 Å². The van der Waals surface area contributed by atoms with Crippen LogP contribution in [0, 0.1) is 0 Å². The first-order chi connectivity index (χ1) is 12.2. The van der Waals surface area contributed by atoms with Crippen LogP contribution in [0.5, 0.6) is 0 Å². The second-order valence-electron chi connectivity index (χ2n) is 6.77. The largest absolute Gasteiger partial charge is 0.465 e. The van der Waals surface area contributed by atoms with E-state index in [0.717, 1.165) is 6.42 Å². The van der Waals surface area contributed by atoms with E-state index in [0.29, 0.717) is 25.5 Å². The summed E-state index contributed by atoms with van der Waals surface area (Å²) in [5.74, 6) is 0.743. The highest BCUT2D eigenvalue weighted by Gasteiger charge is 2.52. The second kappa shape index (κ2) is 6.50. The molecule has 3 heterocycles. The van der Waals surface area contributed by atoms with Crippen molar-refractivity contribution in [3.8, 4) is 0 Å². The van der Waals surface area contributed by atoms with Crippen LogP contribution in [0.25, 0.3) is 6.08 Å². The fourth-order valence-corrected chi connectivity index (χ4v) is 3.76. The maximum Gasteiger partial charge on any atom is 0.246 e. The lowest BCUT2D eigenvalue weighted by atomic mass is 9.87. The van der Waals surface area contributed by atoms with Gasteiger partial charge in [0.25, 0.3) is 0 Å². The van der Waals surface area contributed by atoms with Crippen molar-refractivity contribution in [3.63, 3.8) is 0 Å². The van der Waals surface area contributed by atoms with Gasteiger partial charge in [-0.15, -0.1) is 0 Å². The van der Waals surface area contributed by atoms with Gasteiger partial charge < -0.3 is 19.2 Å². The van der Waals surface area contributed by atoms with E-state index in [2.05, 4.69) is 12.1 Å².